The van der Waals surface area contributed by atoms with Crippen LogP contribution in [0.2, 0.25) is 0 Å². The van der Waals surface area contributed by atoms with Gasteiger partial charge in [0.2, 0.25) is 0 Å². The van der Waals surface area contributed by atoms with Gasteiger partial charge in [0.25, 0.3) is 5.91 Å². The van der Waals surface area contributed by atoms with Gasteiger partial charge in [-0.25, -0.2) is 0 Å². The number of hydrogen-bond donors (Lipinski definition) is 1. The minimum absolute atomic E-state index is 0.194. The summed E-state index contributed by atoms with van der Waals surface area (Å²) >= 11 is 0. The average Bonchev–Trinajstić information content (AvgIpc) is 3.31. The highest BCUT2D eigenvalue weighted by molar-refractivity contribution is 5.91. The highest BCUT2D eigenvalue weighted by Gasteiger charge is 2.21. The quantitative estimate of drug-likeness (QED) is 0.777. The zero-order chi connectivity index (χ0) is 17.1. The minimum atomic E-state index is -0.194. The number of nitrogens with zero attached hydrogens (tertiary/aromatic N) is 3. The number of furan rings is 1. The van der Waals surface area contributed by atoms with E-state index >= 15 is 0 Å². The molecule has 3 heterocycles. The van der Waals surface area contributed by atoms with Crippen molar-refractivity contribution in [1.29, 1.82) is 0 Å². The van der Waals surface area contributed by atoms with E-state index in [1.165, 1.54) is 30.4 Å². The lowest BCUT2D eigenvalue weighted by molar-refractivity contribution is 0.0924. The summed E-state index contributed by atoms with van der Waals surface area (Å²) < 4.78 is 7.16. The second kappa shape index (κ2) is 6.93. The Bertz CT molecular complexity index is 853. The Kier molecular flexibility index (Phi) is 4.33. The van der Waals surface area contributed by atoms with Gasteiger partial charge in [0.1, 0.15) is 0 Å². The molecule has 0 saturated heterocycles. The second-order valence-electron chi connectivity index (χ2n) is 6.17. The Morgan fingerprint density at radius 3 is 2.84 bits per heavy atom. The van der Waals surface area contributed by atoms with Crippen molar-refractivity contribution >= 4 is 5.91 Å². The second-order valence-corrected chi connectivity index (χ2v) is 6.17. The van der Waals surface area contributed by atoms with E-state index in [2.05, 4.69) is 10.3 Å². The molecule has 0 saturated carbocycles. The molecule has 1 N–H and O–H groups in total. The zero-order valence-electron chi connectivity index (χ0n) is 13.9. The number of carbonyl (C=O) groups is 1. The topological polar surface area (TPSA) is 73.0 Å². The van der Waals surface area contributed by atoms with Crippen LogP contribution >= 0.6 is 0 Å². The number of amides is 1. The molecular formula is C19H20N4O2. The molecule has 0 aliphatic heterocycles. The molecule has 0 aromatic carbocycles. The summed E-state index contributed by atoms with van der Waals surface area (Å²) in [6, 6.07) is 7.37. The molecule has 128 valence electrons. The monoisotopic (exact) mass is 336 g/mol. The molecule has 1 aliphatic rings. The summed E-state index contributed by atoms with van der Waals surface area (Å²) in [6.45, 7) is 1.17. The van der Waals surface area contributed by atoms with E-state index in [1.54, 1.807) is 24.5 Å². The molecular weight excluding hydrogens is 316 g/mol. The summed E-state index contributed by atoms with van der Waals surface area (Å²) in [6.07, 6.45) is 9.59. The summed E-state index contributed by atoms with van der Waals surface area (Å²) in [7, 11) is 0. The molecule has 0 atom stereocenters. The molecule has 0 fully saturated rings. The van der Waals surface area contributed by atoms with Crippen molar-refractivity contribution in [2.45, 2.75) is 32.2 Å². The number of fused-ring (bicyclic) bond motifs is 1. The van der Waals surface area contributed by atoms with Crippen LogP contribution in [-0.2, 0) is 19.4 Å². The van der Waals surface area contributed by atoms with Crippen molar-refractivity contribution < 1.29 is 9.21 Å². The smallest absolute Gasteiger partial charge is 0.287 e. The maximum absolute atomic E-state index is 12.0. The molecule has 1 amide bonds. The molecule has 1 aliphatic carbocycles. The van der Waals surface area contributed by atoms with Crippen LogP contribution in [0.25, 0.3) is 11.3 Å². The standard InChI is InChI=1S/C19H20N4O2/c24-19(17-6-3-13-25-17)21-11-12-23-16-5-2-1-4-15(16)18(22-23)14-7-9-20-10-8-14/h3,6-10,13H,1-2,4-5,11-12H2,(H,21,24). The van der Waals surface area contributed by atoms with E-state index in [4.69, 9.17) is 9.52 Å². The number of rotatable bonds is 5. The number of carbonyl (C=O) groups excluding carboxylic acids is 1. The lowest BCUT2D eigenvalue weighted by Crippen LogP contribution is -2.27. The first-order chi connectivity index (χ1) is 12.3. The van der Waals surface area contributed by atoms with Crippen LogP contribution in [0.3, 0.4) is 0 Å². The van der Waals surface area contributed by atoms with Crippen LogP contribution in [0.15, 0.2) is 47.3 Å². The maximum Gasteiger partial charge on any atom is 0.287 e. The largest absolute Gasteiger partial charge is 0.459 e. The summed E-state index contributed by atoms with van der Waals surface area (Å²) in [5.41, 5.74) is 4.79. The van der Waals surface area contributed by atoms with Gasteiger partial charge in [-0.3, -0.25) is 14.5 Å². The van der Waals surface area contributed by atoms with Gasteiger partial charge in [-0.2, -0.15) is 5.10 Å². The SMILES string of the molecule is O=C(NCCn1nc(-c2ccncc2)c2c1CCCC2)c1ccco1. The molecule has 0 spiro atoms. The average molecular weight is 336 g/mol. The number of hydrogen-bond acceptors (Lipinski definition) is 4. The minimum Gasteiger partial charge on any atom is -0.459 e. The van der Waals surface area contributed by atoms with Crippen LogP contribution in [0.1, 0.15) is 34.7 Å². The van der Waals surface area contributed by atoms with Crippen molar-refractivity contribution in [2.75, 3.05) is 6.54 Å². The lowest BCUT2D eigenvalue weighted by Gasteiger charge is -2.14. The number of nitrogens with one attached hydrogen (secondary N) is 1. The van der Waals surface area contributed by atoms with Gasteiger partial charge in [0.05, 0.1) is 18.5 Å². The molecule has 3 aromatic rings. The highest BCUT2D eigenvalue weighted by atomic mass is 16.3. The van der Waals surface area contributed by atoms with E-state index in [0.29, 0.717) is 18.8 Å². The molecule has 6 heteroatoms. The van der Waals surface area contributed by atoms with Gasteiger partial charge < -0.3 is 9.73 Å². The van der Waals surface area contributed by atoms with E-state index in [-0.39, 0.29) is 5.91 Å². The fraction of sp³-hybridized carbons (Fsp3) is 0.316. The van der Waals surface area contributed by atoms with Gasteiger partial charge in [-0.05, 0) is 49.9 Å². The Morgan fingerprint density at radius 1 is 1.20 bits per heavy atom. The highest BCUT2D eigenvalue weighted by Crippen LogP contribution is 2.30. The first-order valence-corrected chi connectivity index (χ1v) is 8.63. The van der Waals surface area contributed by atoms with Crippen molar-refractivity contribution in [1.82, 2.24) is 20.1 Å². The third-order valence-electron chi connectivity index (χ3n) is 4.56. The van der Waals surface area contributed by atoms with Gasteiger partial charge in [-0.1, -0.05) is 0 Å². The summed E-state index contributed by atoms with van der Waals surface area (Å²) in [4.78, 5) is 16.1. The number of aromatic nitrogens is 3. The van der Waals surface area contributed by atoms with E-state index in [1.807, 2.05) is 16.8 Å². The molecule has 6 nitrogen and oxygen atoms in total. The van der Waals surface area contributed by atoms with Gasteiger partial charge in [-0.15, -0.1) is 0 Å². The van der Waals surface area contributed by atoms with Crippen LogP contribution in [0, 0.1) is 0 Å². The first-order valence-electron chi connectivity index (χ1n) is 8.63. The summed E-state index contributed by atoms with van der Waals surface area (Å²) in [5.74, 6) is 0.139. The Balaban J connectivity index is 1.52. The van der Waals surface area contributed by atoms with Crippen molar-refractivity contribution in [3.63, 3.8) is 0 Å². The van der Waals surface area contributed by atoms with Crippen LogP contribution in [0.4, 0.5) is 0 Å². The molecule has 0 unspecified atom stereocenters. The third kappa shape index (κ3) is 3.20. The van der Waals surface area contributed by atoms with Crippen molar-refractivity contribution in [3.05, 3.63) is 59.9 Å². The molecule has 25 heavy (non-hydrogen) atoms. The van der Waals surface area contributed by atoms with Crippen LogP contribution in [0.5, 0.6) is 0 Å². The Morgan fingerprint density at radius 2 is 2.04 bits per heavy atom. The normalized spacial score (nSPS) is 13.4. The van der Waals surface area contributed by atoms with E-state index in [0.717, 1.165) is 24.1 Å². The van der Waals surface area contributed by atoms with E-state index in [9.17, 15) is 4.79 Å². The molecule has 4 rings (SSSR count). The number of pyridine rings is 1. The van der Waals surface area contributed by atoms with Gasteiger partial charge in [0, 0.05) is 35.8 Å². The van der Waals surface area contributed by atoms with Gasteiger partial charge >= 0.3 is 0 Å². The molecule has 3 aromatic heterocycles. The Labute approximate surface area is 145 Å². The van der Waals surface area contributed by atoms with Gasteiger partial charge in [0.15, 0.2) is 5.76 Å². The van der Waals surface area contributed by atoms with Crippen molar-refractivity contribution in [3.8, 4) is 11.3 Å². The fourth-order valence-corrected chi connectivity index (χ4v) is 3.37. The van der Waals surface area contributed by atoms with Crippen LogP contribution in [-0.4, -0.2) is 27.2 Å². The first kappa shape index (κ1) is 15.6. The zero-order valence-corrected chi connectivity index (χ0v) is 13.9. The lowest BCUT2D eigenvalue weighted by atomic mass is 9.94. The van der Waals surface area contributed by atoms with Crippen LogP contribution < -0.4 is 5.32 Å². The summed E-state index contributed by atoms with van der Waals surface area (Å²) in [5, 5.41) is 7.72. The maximum atomic E-state index is 12.0. The third-order valence-corrected chi connectivity index (χ3v) is 4.56. The Hall–Kier alpha value is -2.89. The van der Waals surface area contributed by atoms with E-state index < -0.39 is 0 Å². The predicted octanol–water partition coefficient (Wildman–Crippen LogP) is 2.85. The predicted molar refractivity (Wildman–Crippen MR) is 93.1 cm³/mol. The van der Waals surface area contributed by atoms with Crippen molar-refractivity contribution in [2.24, 2.45) is 0 Å². The molecule has 0 bridgehead atoms. The fourth-order valence-electron chi connectivity index (χ4n) is 3.37. The molecule has 0 radical (unpaired) electrons.